The van der Waals surface area contributed by atoms with E-state index in [0.29, 0.717) is 23.5 Å². The first kappa shape index (κ1) is 36.9. The molecule has 0 radical (unpaired) electrons. The highest BCUT2D eigenvalue weighted by Crippen LogP contribution is 2.44. The van der Waals surface area contributed by atoms with E-state index in [0.717, 1.165) is 54.7 Å². The molecular formula is C47H37F6N3. The van der Waals surface area contributed by atoms with Gasteiger partial charge >= 0.3 is 12.4 Å². The van der Waals surface area contributed by atoms with Crippen LogP contribution in [-0.2, 0) is 23.2 Å². The maximum Gasteiger partial charge on any atom is 0.416 e. The molecule has 0 fully saturated rings. The number of halogens is 6. The Bertz CT molecular complexity index is 2890. The van der Waals surface area contributed by atoms with Gasteiger partial charge in [-0.15, -0.1) is 0 Å². The van der Waals surface area contributed by atoms with Gasteiger partial charge in [0, 0.05) is 27.1 Å². The first-order valence-electron chi connectivity index (χ1n) is 18.2. The molecule has 282 valence electrons. The minimum absolute atomic E-state index is 0.0584. The Morgan fingerprint density at radius 3 is 1.27 bits per heavy atom. The van der Waals surface area contributed by atoms with Gasteiger partial charge in [-0.2, -0.15) is 31.6 Å². The van der Waals surface area contributed by atoms with E-state index in [1.165, 1.54) is 0 Å². The highest BCUT2D eigenvalue weighted by molar-refractivity contribution is 6.12. The van der Waals surface area contributed by atoms with Crippen LogP contribution < -0.4 is 0 Å². The Balaban J connectivity index is 1.59. The number of aromatic nitrogens is 2. The Morgan fingerprint density at radius 2 is 0.857 bits per heavy atom. The summed E-state index contributed by atoms with van der Waals surface area (Å²) in [4.78, 5) is 0. The van der Waals surface area contributed by atoms with Crippen LogP contribution in [0.4, 0.5) is 26.3 Å². The van der Waals surface area contributed by atoms with Crippen LogP contribution in [-0.4, -0.2) is 9.13 Å². The molecule has 0 saturated heterocycles. The summed E-state index contributed by atoms with van der Waals surface area (Å²) in [5.41, 5.74) is 2.44. The summed E-state index contributed by atoms with van der Waals surface area (Å²) in [7, 11) is 0. The number of nitriles is 1. The lowest BCUT2D eigenvalue weighted by Gasteiger charge is -2.22. The Morgan fingerprint density at radius 1 is 0.446 bits per heavy atom. The summed E-state index contributed by atoms with van der Waals surface area (Å²) >= 11 is 0. The van der Waals surface area contributed by atoms with E-state index in [-0.39, 0.29) is 33.6 Å². The first-order chi connectivity index (χ1) is 26.3. The smallest absolute Gasteiger partial charge is 0.307 e. The average molecular weight is 758 g/mol. The zero-order valence-electron chi connectivity index (χ0n) is 31.6. The van der Waals surface area contributed by atoms with E-state index in [2.05, 4.69) is 88.6 Å². The normalized spacial score (nSPS) is 13.0. The van der Waals surface area contributed by atoms with Gasteiger partial charge in [0.05, 0.1) is 56.2 Å². The topological polar surface area (TPSA) is 33.6 Å². The summed E-state index contributed by atoms with van der Waals surface area (Å²) in [5.74, 6) is 0. The molecule has 0 aliphatic carbocycles. The van der Waals surface area contributed by atoms with Crippen molar-refractivity contribution in [1.29, 1.82) is 5.26 Å². The van der Waals surface area contributed by atoms with Crippen LogP contribution in [0.3, 0.4) is 0 Å². The van der Waals surface area contributed by atoms with E-state index >= 15 is 0 Å². The van der Waals surface area contributed by atoms with Crippen LogP contribution in [0.2, 0.25) is 0 Å². The molecule has 3 nitrogen and oxygen atoms in total. The summed E-state index contributed by atoms with van der Waals surface area (Å²) in [5, 5.41) is 14.4. The fourth-order valence-electron chi connectivity index (χ4n) is 7.77. The molecule has 56 heavy (non-hydrogen) atoms. The molecule has 0 saturated carbocycles. The van der Waals surface area contributed by atoms with Crippen LogP contribution in [0.15, 0.2) is 115 Å². The standard InChI is InChI=1S/C47H37F6N3/c1-44(2,3)29-15-17-35-33-11-7-9-13-38(33)55(40(35)23-29)42-21-28(26-54)37(27-19-31(46(48,49)50)22-32(20-27)47(51,52)53)25-43(42)56-39-14-10-8-12-34(39)36-18-16-30(24-41(36)56)45(4,5)6/h7-25H,1-6H3. The lowest BCUT2D eigenvalue weighted by atomic mass is 9.86. The van der Waals surface area contributed by atoms with Gasteiger partial charge < -0.3 is 9.13 Å². The Hall–Kier alpha value is -6.01. The van der Waals surface area contributed by atoms with Crippen LogP contribution in [0.5, 0.6) is 0 Å². The predicted octanol–water partition coefficient (Wildman–Crippen LogP) is 14.1. The van der Waals surface area contributed by atoms with E-state index < -0.39 is 23.5 Å². The number of hydrogen-bond acceptors (Lipinski definition) is 1. The third-order valence-electron chi connectivity index (χ3n) is 10.7. The quantitative estimate of drug-likeness (QED) is 0.165. The molecule has 0 unspecified atom stereocenters. The van der Waals surface area contributed by atoms with Crippen molar-refractivity contribution >= 4 is 43.6 Å². The van der Waals surface area contributed by atoms with Gasteiger partial charge in [-0.3, -0.25) is 0 Å². The number of rotatable bonds is 3. The number of alkyl halides is 6. The third kappa shape index (κ3) is 6.08. The predicted molar refractivity (Wildman–Crippen MR) is 213 cm³/mol. The maximum absolute atomic E-state index is 14.2. The van der Waals surface area contributed by atoms with Crippen molar-refractivity contribution in [3.8, 4) is 28.6 Å². The monoisotopic (exact) mass is 757 g/mol. The second-order valence-corrected chi connectivity index (χ2v) is 16.5. The molecule has 0 aliphatic rings. The van der Waals surface area contributed by atoms with Crippen molar-refractivity contribution in [2.24, 2.45) is 0 Å². The zero-order chi connectivity index (χ0) is 40.1. The number of fused-ring (bicyclic) bond motifs is 6. The number of nitrogens with zero attached hydrogens (tertiary/aromatic N) is 3. The number of para-hydroxylation sites is 2. The molecule has 6 aromatic carbocycles. The fourth-order valence-corrected chi connectivity index (χ4v) is 7.77. The summed E-state index contributed by atoms with van der Waals surface area (Å²) in [6, 6.07) is 34.9. The van der Waals surface area contributed by atoms with Crippen molar-refractivity contribution in [1.82, 2.24) is 9.13 Å². The molecule has 0 bridgehead atoms. The van der Waals surface area contributed by atoms with Gasteiger partial charge in [0.15, 0.2) is 0 Å². The Labute approximate surface area is 320 Å². The minimum atomic E-state index is -5.07. The lowest BCUT2D eigenvalue weighted by molar-refractivity contribution is -0.143. The van der Waals surface area contributed by atoms with Crippen molar-refractivity contribution in [2.75, 3.05) is 0 Å². The Kier molecular flexibility index (Phi) is 8.25. The SMILES string of the molecule is CC(C)(C)c1ccc2c3ccccc3n(-c3cc(C#N)c(-c4cc(C(F)(F)F)cc(C(F)(F)F)c4)cc3-n3c4ccccc4c4ccc(C(C)(C)C)cc43)c2c1. The van der Waals surface area contributed by atoms with Gasteiger partial charge in [-0.1, -0.05) is 102 Å². The molecule has 0 atom stereocenters. The number of hydrogen-bond donors (Lipinski definition) is 0. The zero-order valence-corrected chi connectivity index (χ0v) is 31.6. The fraction of sp³-hybridized carbons (Fsp3) is 0.213. The average Bonchev–Trinajstić information content (AvgIpc) is 3.65. The van der Waals surface area contributed by atoms with Crippen LogP contribution >= 0.6 is 0 Å². The third-order valence-corrected chi connectivity index (χ3v) is 10.7. The van der Waals surface area contributed by atoms with Gasteiger partial charge in [0.2, 0.25) is 0 Å². The van der Waals surface area contributed by atoms with Crippen LogP contribution in [0.25, 0.3) is 66.1 Å². The lowest BCUT2D eigenvalue weighted by Crippen LogP contribution is -2.12. The van der Waals surface area contributed by atoms with Crippen LogP contribution in [0.1, 0.15) is 69.4 Å². The second-order valence-electron chi connectivity index (χ2n) is 16.5. The van der Waals surface area contributed by atoms with Crippen molar-refractivity contribution in [2.45, 2.75) is 64.7 Å². The highest BCUT2D eigenvalue weighted by Gasteiger charge is 2.37. The molecule has 0 spiro atoms. The van der Waals surface area contributed by atoms with E-state index in [1.54, 1.807) is 12.1 Å². The van der Waals surface area contributed by atoms with Gasteiger partial charge in [-0.05, 0) is 82.1 Å². The molecule has 8 aromatic rings. The highest BCUT2D eigenvalue weighted by atomic mass is 19.4. The van der Waals surface area contributed by atoms with Crippen molar-refractivity contribution < 1.29 is 26.3 Å². The molecule has 2 heterocycles. The van der Waals surface area contributed by atoms with E-state index in [9.17, 15) is 31.6 Å². The van der Waals surface area contributed by atoms with E-state index in [1.807, 2.05) is 53.1 Å². The van der Waals surface area contributed by atoms with E-state index in [4.69, 9.17) is 0 Å². The molecule has 0 amide bonds. The summed E-state index contributed by atoms with van der Waals surface area (Å²) in [6.45, 7) is 12.6. The summed E-state index contributed by atoms with van der Waals surface area (Å²) in [6.07, 6.45) is -10.1. The first-order valence-corrected chi connectivity index (χ1v) is 18.2. The van der Waals surface area contributed by atoms with Crippen LogP contribution in [0, 0.1) is 11.3 Å². The maximum atomic E-state index is 14.2. The summed E-state index contributed by atoms with van der Waals surface area (Å²) < 4.78 is 89.5. The van der Waals surface area contributed by atoms with Gasteiger partial charge in [-0.25, -0.2) is 0 Å². The molecule has 9 heteroatoms. The van der Waals surface area contributed by atoms with Gasteiger partial charge in [0.1, 0.15) is 0 Å². The molecule has 2 aromatic heterocycles. The molecular weight excluding hydrogens is 721 g/mol. The second kappa shape index (κ2) is 12.5. The number of benzene rings is 6. The minimum Gasteiger partial charge on any atom is -0.307 e. The van der Waals surface area contributed by atoms with Gasteiger partial charge in [0.25, 0.3) is 0 Å². The van der Waals surface area contributed by atoms with Crippen molar-refractivity contribution in [3.05, 3.63) is 143 Å². The van der Waals surface area contributed by atoms with Crippen molar-refractivity contribution in [3.63, 3.8) is 0 Å². The molecule has 0 aliphatic heterocycles. The largest absolute Gasteiger partial charge is 0.416 e. The molecule has 0 N–H and O–H groups in total. The molecule has 8 rings (SSSR count).